The number of hydrogen-bond acceptors (Lipinski definition) is 3. The second-order valence-corrected chi connectivity index (χ2v) is 4.96. The van der Waals surface area contributed by atoms with E-state index < -0.39 is 0 Å². The van der Waals surface area contributed by atoms with Gasteiger partial charge in [0.25, 0.3) is 0 Å². The van der Waals surface area contributed by atoms with Crippen LogP contribution in [0, 0.1) is 5.82 Å². The second-order valence-electron chi connectivity index (χ2n) is 4.96. The van der Waals surface area contributed by atoms with Crippen LogP contribution in [0.3, 0.4) is 0 Å². The van der Waals surface area contributed by atoms with Crippen molar-refractivity contribution in [3.63, 3.8) is 0 Å². The predicted octanol–water partition coefficient (Wildman–Crippen LogP) is 2.04. The molecule has 1 aromatic rings. The molecule has 3 nitrogen and oxygen atoms in total. The Hall–Kier alpha value is -1.26. The lowest BCUT2D eigenvalue weighted by molar-refractivity contribution is 0.0931. The topological polar surface area (TPSA) is 23.6 Å². The van der Waals surface area contributed by atoms with E-state index in [-0.39, 0.29) is 11.6 Å². The highest BCUT2D eigenvalue weighted by atomic mass is 19.1. The maximum absolute atomic E-state index is 13.0. The Morgan fingerprint density at radius 2 is 1.89 bits per heavy atom. The molecule has 0 N–H and O–H groups in total. The minimum Gasteiger partial charge on any atom is -0.301 e. The van der Waals surface area contributed by atoms with Crippen molar-refractivity contribution in [1.82, 2.24) is 9.80 Å². The van der Waals surface area contributed by atoms with E-state index >= 15 is 0 Å². The first-order valence-electron chi connectivity index (χ1n) is 6.92. The van der Waals surface area contributed by atoms with Gasteiger partial charge in [0.15, 0.2) is 5.78 Å². The second kappa shape index (κ2) is 6.78. The first-order chi connectivity index (χ1) is 9.19. The molecular formula is C15H21FN2O. The van der Waals surface area contributed by atoms with E-state index in [1.54, 1.807) is 12.1 Å². The highest BCUT2D eigenvalue weighted by Crippen LogP contribution is 2.08. The smallest absolute Gasteiger partial charge is 0.164 e. The zero-order valence-corrected chi connectivity index (χ0v) is 11.4. The van der Waals surface area contributed by atoms with Crippen LogP contribution in [0.2, 0.25) is 0 Å². The van der Waals surface area contributed by atoms with E-state index in [4.69, 9.17) is 0 Å². The zero-order valence-electron chi connectivity index (χ0n) is 11.4. The van der Waals surface area contributed by atoms with Gasteiger partial charge in [-0.05, 0) is 18.7 Å². The van der Waals surface area contributed by atoms with E-state index in [1.165, 1.54) is 12.1 Å². The van der Waals surface area contributed by atoms with Gasteiger partial charge >= 0.3 is 0 Å². The summed E-state index contributed by atoms with van der Waals surface area (Å²) >= 11 is 0. The van der Waals surface area contributed by atoms with E-state index in [0.29, 0.717) is 12.0 Å². The summed E-state index contributed by atoms with van der Waals surface area (Å²) in [5.74, 6) is -0.320. The summed E-state index contributed by atoms with van der Waals surface area (Å²) in [6.07, 6.45) is 0.468. The van der Waals surface area contributed by atoms with E-state index in [1.807, 2.05) is 0 Å². The van der Waals surface area contributed by atoms with Crippen LogP contribution >= 0.6 is 0 Å². The Morgan fingerprint density at radius 1 is 1.21 bits per heavy atom. The Bertz CT molecular complexity index is 428. The summed E-state index contributed by atoms with van der Waals surface area (Å²) in [5, 5.41) is 0. The van der Waals surface area contributed by atoms with Gasteiger partial charge in [-0.3, -0.25) is 4.79 Å². The van der Waals surface area contributed by atoms with Crippen molar-refractivity contribution in [3.8, 4) is 0 Å². The molecule has 0 unspecified atom stereocenters. The van der Waals surface area contributed by atoms with Gasteiger partial charge in [-0.1, -0.05) is 19.1 Å². The lowest BCUT2D eigenvalue weighted by atomic mass is 10.1. The molecule has 1 heterocycles. The van der Waals surface area contributed by atoms with E-state index in [2.05, 4.69) is 16.7 Å². The third-order valence-corrected chi connectivity index (χ3v) is 3.71. The standard InChI is InChI=1S/C15H21FN2O/c1-2-17-8-10-18(11-9-17)7-6-15(19)13-4-3-5-14(16)12-13/h3-5,12H,2,6-11H2,1H3. The third-order valence-electron chi connectivity index (χ3n) is 3.71. The third kappa shape index (κ3) is 4.11. The minimum absolute atomic E-state index is 0.0254. The first-order valence-corrected chi connectivity index (χ1v) is 6.92. The molecule has 19 heavy (non-hydrogen) atoms. The van der Waals surface area contributed by atoms with Gasteiger partial charge in [0.2, 0.25) is 0 Å². The summed E-state index contributed by atoms with van der Waals surface area (Å²) < 4.78 is 13.0. The molecule has 1 aromatic carbocycles. The zero-order chi connectivity index (χ0) is 13.7. The summed E-state index contributed by atoms with van der Waals surface area (Å²) in [7, 11) is 0. The molecule has 0 saturated carbocycles. The molecule has 1 aliphatic heterocycles. The Kier molecular flexibility index (Phi) is 5.05. The lowest BCUT2D eigenvalue weighted by Gasteiger charge is -2.33. The van der Waals surface area contributed by atoms with Crippen molar-refractivity contribution >= 4 is 5.78 Å². The number of Topliss-reactive ketones (excluding diaryl/α,β-unsaturated/α-hetero) is 1. The van der Waals surface area contributed by atoms with Crippen LogP contribution in [0.5, 0.6) is 0 Å². The number of carbonyl (C=O) groups excluding carboxylic acids is 1. The van der Waals surface area contributed by atoms with Crippen LogP contribution in [0.4, 0.5) is 4.39 Å². The van der Waals surface area contributed by atoms with Crippen molar-refractivity contribution in [2.24, 2.45) is 0 Å². The molecule has 1 saturated heterocycles. The highest BCUT2D eigenvalue weighted by Gasteiger charge is 2.16. The van der Waals surface area contributed by atoms with Crippen molar-refractivity contribution in [1.29, 1.82) is 0 Å². The number of piperazine rings is 1. The largest absolute Gasteiger partial charge is 0.301 e. The fourth-order valence-corrected chi connectivity index (χ4v) is 2.40. The van der Waals surface area contributed by atoms with Crippen LogP contribution < -0.4 is 0 Å². The van der Waals surface area contributed by atoms with Gasteiger partial charge in [-0.25, -0.2) is 4.39 Å². The van der Waals surface area contributed by atoms with E-state index in [0.717, 1.165) is 39.3 Å². The quantitative estimate of drug-likeness (QED) is 0.760. The number of rotatable bonds is 5. The van der Waals surface area contributed by atoms with Crippen molar-refractivity contribution in [3.05, 3.63) is 35.6 Å². The fraction of sp³-hybridized carbons (Fsp3) is 0.533. The summed E-state index contributed by atoms with van der Waals surface area (Å²) in [5.41, 5.74) is 0.479. The maximum atomic E-state index is 13.0. The van der Waals surface area contributed by atoms with Gasteiger partial charge in [-0.2, -0.15) is 0 Å². The molecule has 0 aliphatic carbocycles. The first kappa shape index (κ1) is 14.2. The van der Waals surface area contributed by atoms with Crippen molar-refractivity contribution in [2.45, 2.75) is 13.3 Å². The minimum atomic E-state index is -0.345. The van der Waals surface area contributed by atoms with Crippen LogP contribution in [0.1, 0.15) is 23.7 Å². The molecule has 0 bridgehead atoms. The monoisotopic (exact) mass is 264 g/mol. The molecule has 0 spiro atoms. The van der Waals surface area contributed by atoms with Crippen molar-refractivity contribution < 1.29 is 9.18 Å². The number of benzene rings is 1. The van der Waals surface area contributed by atoms with Crippen LogP contribution in [0.25, 0.3) is 0 Å². The molecule has 4 heteroatoms. The number of nitrogens with zero attached hydrogens (tertiary/aromatic N) is 2. The molecule has 2 rings (SSSR count). The highest BCUT2D eigenvalue weighted by molar-refractivity contribution is 5.96. The number of hydrogen-bond donors (Lipinski definition) is 0. The molecular weight excluding hydrogens is 243 g/mol. The molecule has 0 amide bonds. The van der Waals surface area contributed by atoms with Crippen molar-refractivity contribution in [2.75, 3.05) is 39.3 Å². The average molecular weight is 264 g/mol. The fourth-order valence-electron chi connectivity index (χ4n) is 2.40. The predicted molar refractivity (Wildman–Crippen MR) is 73.9 cm³/mol. The molecule has 1 aliphatic rings. The number of halogens is 1. The van der Waals surface area contributed by atoms with Crippen LogP contribution in [-0.2, 0) is 0 Å². The van der Waals surface area contributed by atoms with Crippen LogP contribution in [0.15, 0.2) is 24.3 Å². The van der Waals surface area contributed by atoms with Crippen LogP contribution in [-0.4, -0.2) is 54.9 Å². The molecule has 104 valence electrons. The number of likely N-dealkylation sites (N-methyl/N-ethyl adjacent to an activating group) is 1. The Balaban J connectivity index is 1.78. The molecule has 1 fully saturated rings. The number of ketones is 1. The lowest BCUT2D eigenvalue weighted by Crippen LogP contribution is -2.46. The van der Waals surface area contributed by atoms with Gasteiger partial charge in [0.05, 0.1) is 0 Å². The van der Waals surface area contributed by atoms with Gasteiger partial charge in [0, 0.05) is 44.7 Å². The summed E-state index contributed by atoms with van der Waals surface area (Å²) in [6.45, 7) is 8.22. The van der Waals surface area contributed by atoms with Gasteiger partial charge < -0.3 is 9.80 Å². The van der Waals surface area contributed by atoms with Gasteiger partial charge in [-0.15, -0.1) is 0 Å². The maximum Gasteiger partial charge on any atom is 0.164 e. The summed E-state index contributed by atoms with van der Waals surface area (Å²) in [6, 6.07) is 5.95. The Morgan fingerprint density at radius 3 is 2.53 bits per heavy atom. The molecule has 0 aromatic heterocycles. The molecule has 0 radical (unpaired) electrons. The van der Waals surface area contributed by atoms with Gasteiger partial charge in [0.1, 0.15) is 5.82 Å². The average Bonchev–Trinajstić information content (AvgIpc) is 2.45. The Labute approximate surface area is 114 Å². The van der Waals surface area contributed by atoms with E-state index in [9.17, 15) is 9.18 Å². The normalized spacial score (nSPS) is 17.6. The molecule has 0 atom stereocenters. The summed E-state index contributed by atoms with van der Waals surface area (Å²) in [4.78, 5) is 16.7. The SMILES string of the molecule is CCN1CCN(CCC(=O)c2cccc(F)c2)CC1. The number of carbonyl (C=O) groups is 1.